The van der Waals surface area contributed by atoms with Crippen LogP contribution in [0.5, 0.6) is 0 Å². The van der Waals surface area contributed by atoms with Gasteiger partial charge in [-0.05, 0) is 13.8 Å². The highest BCUT2D eigenvalue weighted by Crippen LogP contribution is 2.27. The van der Waals surface area contributed by atoms with Crippen molar-refractivity contribution in [1.82, 2.24) is 0 Å². The van der Waals surface area contributed by atoms with Gasteiger partial charge >= 0.3 is 0 Å². The van der Waals surface area contributed by atoms with Gasteiger partial charge in [-0.2, -0.15) is 0 Å². The summed E-state index contributed by atoms with van der Waals surface area (Å²) in [5.41, 5.74) is 0. The van der Waals surface area contributed by atoms with Crippen molar-refractivity contribution in [3.63, 3.8) is 0 Å². The summed E-state index contributed by atoms with van der Waals surface area (Å²) in [5.74, 6) is 0. The first kappa shape index (κ1) is 16.1. The number of ether oxygens (including phenoxy) is 3. The van der Waals surface area contributed by atoms with Crippen LogP contribution in [0.4, 0.5) is 0 Å². The molecule has 0 radical (unpaired) electrons. The van der Waals surface area contributed by atoms with Crippen LogP contribution in [-0.4, -0.2) is 87.3 Å². The van der Waals surface area contributed by atoms with E-state index in [1.807, 2.05) is 0 Å². The first-order chi connectivity index (χ1) is 9.32. The Hall–Kier alpha value is -0.320. The lowest BCUT2D eigenvalue weighted by atomic mass is 9.96. The molecular weight excluding hydrogens is 272 g/mol. The zero-order valence-electron chi connectivity index (χ0n) is 11.4. The zero-order valence-corrected chi connectivity index (χ0v) is 11.4. The molecule has 0 bridgehead atoms. The molecule has 4 unspecified atom stereocenters. The maximum absolute atomic E-state index is 10.0. The van der Waals surface area contributed by atoms with Crippen molar-refractivity contribution in [3.05, 3.63) is 0 Å². The van der Waals surface area contributed by atoms with Crippen LogP contribution in [0, 0.1) is 0 Å². The van der Waals surface area contributed by atoms with Crippen LogP contribution in [0.15, 0.2) is 0 Å². The lowest BCUT2D eigenvalue weighted by Gasteiger charge is -2.43. The standard InChI is InChI=1S/C12H22O8/c1-4-7(14)9(16)11(5(2)19-4)20-12-10(17)8(15)6(13)3-18-12/h4-17H,3H2,1-2H3/t4-,5+,6+,7?,8?,9?,10?,11-,12-/m0/s1. The molecule has 2 rings (SSSR count). The van der Waals surface area contributed by atoms with Crippen LogP contribution in [0.2, 0.25) is 0 Å². The molecule has 2 saturated heterocycles. The van der Waals surface area contributed by atoms with E-state index in [1.165, 1.54) is 0 Å². The summed E-state index contributed by atoms with van der Waals surface area (Å²) in [6.07, 6.45) is -9.54. The SMILES string of the molecule is C[C@@H]1O[C@H](C)[C@H](O[C@@H]2OC[C@@H](O)C(O)C2O)C(O)C1O. The maximum atomic E-state index is 10.0. The van der Waals surface area contributed by atoms with Crippen molar-refractivity contribution >= 4 is 0 Å². The lowest BCUT2D eigenvalue weighted by Crippen LogP contribution is -2.61. The van der Waals surface area contributed by atoms with Gasteiger partial charge in [-0.1, -0.05) is 0 Å². The van der Waals surface area contributed by atoms with Crippen molar-refractivity contribution in [2.24, 2.45) is 0 Å². The minimum atomic E-state index is -1.45. The Morgan fingerprint density at radius 2 is 1.50 bits per heavy atom. The first-order valence-electron chi connectivity index (χ1n) is 6.65. The molecule has 0 spiro atoms. The molecular formula is C12H22O8. The smallest absolute Gasteiger partial charge is 0.186 e. The van der Waals surface area contributed by atoms with E-state index in [2.05, 4.69) is 0 Å². The van der Waals surface area contributed by atoms with E-state index in [9.17, 15) is 25.5 Å². The topological polar surface area (TPSA) is 129 Å². The van der Waals surface area contributed by atoms with Crippen molar-refractivity contribution < 1.29 is 39.7 Å². The van der Waals surface area contributed by atoms with Gasteiger partial charge in [-0.3, -0.25) is 0 Å². The molecule has 0 aromatic heterocycles. The molecule has 2 aliphatic heterocycles. The van der Waals surface area contributed by atoms with Gasteiger partial charge in [0.15, 0.2) is 6.29 Å². The van der Waals surface area contributed by atoms with E-state index < -0.39 is 55.1 Å². The molecule has 5 N–H and O–H groups in total. The zero-order chi connectivity index (χ0) is 15.0. The van der Waals surface area contributed by atoms with Crippen LogP contribution in [0.25, 0.3) is 0 Å². The second kappa shape index (κ2) is 6.20. The third-order valence-electron chi connectivity index (χ3n) is 3.80. The summed E-state index contributed by atoms with van der Waals surface area (Å²) < 4.78 is 16.0. The fraction of sp³-hybridized carbons (Fsp3) is 1.00. The van der Waals surface area contributed by atoms with Gasteiger partial charge < -0.3 is 39.7 Å². The van der Waals surface area contributed by atoms with Crippen molar-refractivity contribution in [2.75, 3.05) is 6.61 Å². The van der Waals surface area contributed by atoms with Crippen molar-refractivity contribution in [2.45, 2.75) is 69.0 Å². The normalized spacial score (nSPS) is 53.9. The van der Waals surface area contributed by atoms with Gasteiger partial charge in [0.1, 0.15) is 36.6 Å². The van der Waals surface area contributed by atoms with Crippen LogP contribution in [0.3, 0.4) is 0 Å². The third kappa shape index (κ3) is 2.97. The van der Waals surface area contributed by atoms with E-state index in [1.54, 1.807) is 13.8 Å². The van der Waals surface area contributed by atoms with Gasteiger partial charge in [0.2, 0.25) is 0 Å². The minimum absolute atomic E-state index is 0.195. The summed E-state index contributed by atoms with van der Waals surface area (Å²) in [4.78, 5) is 0. The lowest BCUT2D eigenvalue weighted by molar-refractivity contribution is -0.319. The molecule has 20 heavy (non-hydrogen) atoms. The van der Waals surface area contributed by atoms with E-state index in [0.717, 1.165) is 0 Å². The number of hydrogen-bond acceptors (Lipinski definition) is 8. The summed E-state index contributed by atoms with van der Waals surface area (Å²) in [7, 11) is 0. The Morgan fingerprint density at radius 3 is 2.15 bits per heavy atom. The molecule has 2 fully saturated rings. The minimum Gasteiger partial charge on any atom is -0.388 e. The van der Waals surface area contributed by atoms with Gasteiger partial charge in [0, 0.05) is 0 Å². The molecule has 0 amide bonds. The fourth-order valence-electron chi connectivity index (χ4n) is 2.49. The van der Waals surface area contributed by atoms with Crippen molar-refractivity contribution in [1.29, 1.82) is 0 Å². The summed E-state index contributed by atoms with van der Waals surface area (Å²) in [6, 6.07) is 0. The largest absolute Gasteiger partial charge is 0.388 e. The Bertz CT molecular complexity index is 327. The quantitative estimate of drug-likeness (QED) is 0.373. The Morgan fingerprint density at radius 1 is 0.850 bits per heavy atom. The highest BCUT2D eigenvalue weighted by Gasteiger charge is 2.46. The molecule has 0 aliphatic carbocycles. The van der Waals surface area contributed by atoms with Crippen LogP contribution in [-0.2, 0) is 14.2 Å². The first-order valence-corrected chi connectivity index (χ1v) is 6.65. The van der Waals surface area contributed by atoms with E-state index in [0.29, 0.717) is 0 Å². The van der Waals surface area contributed by atoms with E-state index in [-0.39, 0.29) is 6.61 Å². The average molecular weight is 294 g/mol. The van der Waals surface area contributed by atoms with Crippen molar-refractivity contribution in [3.8, 4) is 0 Å². The predicted molar refractivity (Wildman–Crippen MR) is 64.7 cm³/mol. The highest BCUT2D eigenvalue weighted by atomic mass is 16.7. The van der Waals surface area contributed by atoms with Gasteiger partial charge in [0.05, 0.1) is 18.8 Å². The highest BCUT2D eigenvalue weighted by molar-refractivity contribution is 4.91. The number of aliphatic hydroxyl groups excluding tert-OH is 5. The molecule has 9 atom stereocenters. The van der Waals surface area contributed by atoms with Gasteiger partial charge in [-0.25, -0.2) is 0 Å². The Kier molecular flexibility index (Phi) is 4.98. The monoisotopic (exact) mass is 294 g/mol. The fourth-order valence-corrected chi connectivity index (χ4v) is 2.49. The molecule has 2 heterocycles. The molecule has 0 aromatic carbocycles. The van der Waals surface area contributed by atoms with Gasteiger partial charge in [0.25, 0.3) is 0 Å². The van der Waals surface area contributed by atoms with Crippen LogP contribution in [0.1, 0.15) is 13.8 Å². The summed E-state index contributed by atoms with van der Waals surface area (Å²) >= 11 is 0. The molecule has 8 nitrogen and oxygen atoms in total. The maximum Gasteiger partial charge on any atom is 0.186 e. The third-order valence-corrected chi connectivity index (χ3v) is 3.80. The number of hydrogen-bond donors (Lipinski definition) is 5. The van der Waals surface area contributed by atoms with Crippen LogP contribution >= 0.6 is 0 Å². The van der Waals surface area contributed by atoms with E-state index >= 15 is 0 Å². The Balaban J connectivity index is 2.01. The summed E-state index contributed by atoms with van der Waals surface area (Å²) in [6.45, 7) is 3.10. The molecule has 0 aromatic rings. The molecule has 0 saturated carbocycles. The number of aliphatic hydroxyl groups is 5. The second-order valence-corrected chi connectivity index (χ2v) is 5.38. The molecule has 2 aliphatic rings. The number of rotatable bonds is 2. The molecule has 118 valence electrons. The van der Waals surface area contributed by atoms with Gasteiger partial charge in [-0.15, -0.1) is 0 Å². The Labute approximate surface area is 116 Å². The summed E-state index contributed by atoms with van der Waals surface area (Å²) in [5, 5.41) is 48.5. The van der Waals surface area contributed by atoms with Crippen LogP contribution < -0.4 is 0 Å². The predicted octanol–water partition coefficient (Wildman–Crippen LogP) is -2.66. The second-order valence-electron chi connectivity index (χ2n) is 5.38. The van der Waals surface area contributed by atoms with E-state index in [4.69, 9.17) is 14.2 Å². The average Bonchev–Trinajstić information content (AvgIpc) is 2.41. The molecule has 8 heteroatoms.